The van der Waals surface area contributed by atoms with Crippen molar-refractivity contribution in [2.45, 2.75) is 70.1 Å². The van der Waals surface area contributed by atoms with E-state index in [0.717, 1.165) is 19.8 Å². The molecule has 128 valence electrons. The van der Waals surface area contributed by atoms with Gasteiger partial charge in [-0.05, 0) is 52.1 Å². The highest BCUT2D eigenvalue weighted by molar-refractivity contribution is 5.10. The molecule has 22 heavy (non-hydrogen) atoms. The van der Waals surface area contributed by atoms with Gasteiger partial charge in [0.05, 0.1) is 12.7 Å². The molecule has 4 nitrogen and oxygen atoms in total. The van der Waals surface area contributed by atoms with Crippen molar-refractivity contribution >= 4 is 0 Å². The van der Waals surface area contributed by atoms with Crippen LogP contribution in [0.3, 0.4) is 0 Å². The average molecular weight is 310 g/mol. The second kappa shape index (κ2) is 7.61. The molecule has 0 aromatic carbocycles. The molecule has 3 fully saturated rings. The first-order valence-corrected chi connectivity index (χ1v) is 9.37. The minimum atomic E-state index is 0.475. The fourth-order valence-electron chi connectivity index (χ4n) is 4.95. The van der Waals surface area contributed by atoms with Crippen LogP contribution in [0.4, 0.5) is 0 Å². The van der Waals surface area contributed by atoms with Gasteiger partial charge in [-0.3, -0.25) is 0 Å². The van der Waals surface area contributed by atoms with Crippen molar-refractivity contribution in [1.82, 2.24) is 10.2 Å². The summed E-state index contributed by atoms with van der Waals surface area (Å²) in [6.07, 6.45) is 9.89. The van der Waals surface area contributed by atoms with Crippen LogP contribution in [-0.2, 0) is 9.47 Å². The molecule has 2 aliphatic carbocycles. The lowest BCUT2D eigenvalue weighted by molar-refractivity contribution is -0.133. The topological polar surface area (TPSA) is 33.7 Å². The summed E-state index contributed by atoms with van der Waals surface area (Å²) in [5, 5.41) is 4.02. The number of likely N-dealkylation sites (tertiary alicyclic amines) is 1. The van der Waals surface area contributed by atoms with Gasteiger partial charge in [0.1, 0.15) is 0 Å². The summed E-state index contributed by atoms with van der Waals surface area (Å²) in [5.41, 5.74) is 0.475. The first-order chi connectivity index (χ1) is 10.8. The van der Waals surface area contributed by atoms with Crippen LogP contribution in [0.2, 0.25) is 0 Å². The van der Waals surface area contributed by atoms with E-state index in [2.05, 4.69) is 17.1 Å². The zero-order valence-electron chi connectivity index (χ0n) is 14.5. The highest BCUT2D eigenvalue weighted by Gasteiger charge is 2.56. The molecule has 1 spiro atoms. The Morgan fingerprint density at radius 3 is 2.55 bits per heavy atom. The summed E-state index contributed by atoms with van der Waals surface area (Å²) in [6, 6.07) is 1.42. The van der Waals surface area contributed by atoms with Gasteiger partial charge in [0.2, 0.25) is 0 Å². The van der Waals surface area contributed by atoms with E-state index < -0.39 is 0 Å². The van der Waals surface area contributed by atoms with Gasteiger partial charge in [0.15, 0.2) is 0 Å². The van der Waals surface area contributed by atoms with Crippen molar-refractivity contribution in [3.05, 3.63) is 0 Å². The molecule has 2 saturated carbocycles. The summed E-state index contributed by atoms with van der Waals surface area (Å²) in [7, 11) is 1.79. The van der Waals surface area contributed by atoms with E-state index in [0.29, 0.717) is 23.6 Å². The Bertz CT molecular complexity index is 336. The zero-order chi connectivity index (χ0) is 15.4. The normalized spacial score (nSPS) is 32.5. The fraction of sp³-hybridized carbons (Fsp3) is 1.00. The van der Waals surface area contributed by atoms with E-state index in [1.165, 1.54) is 58.0 Å². The lowest BCUT2D eigenvalue weighted by Crippen LogP contribution is -2.65. The highest BCUT2D eigenvalue weighted by atomic mass is 16.5. The van der Waals surface area contributed by atoms with E-state index in [4.69, 9.17) is 9.47 Å². The van der Waals surface area contributed by atoms with Crippen molar-refractivity contribution in [2.24, 2.45) is 5.41 Å². The Balaban J connectivity index is 1.46. The molecule has 2 atom stereocenters. The predicted molar refractivity (Wildman–Crippen MR) is 89.2 cm³/mol. The average Bonchev–Trinajstić information content (AvgIpc) is 3.06. The van der Waals surface area contributed by atoms with Gasteiger partial charge in [-0.25, -0.2) is 0 Å². The van der Waals surface area contributed by atoms with Crippen molar-refractivity contribution in [3.8, 4) is 0 Å². The number of ether oxygens (including phenoxy) is 2. The largest absolute Gasteiger partial charge is 0.383 e. The van der Waals surface area contributed by atoms with E-state index in [1.54, 1.807) is 7.11 Å². The van der Waals surface area contributed by atoms with Crippen molar-refractivity contribution in [1.29, 1.82) is 0 Å². The molecule has 0 radical (unpaired) electrons. The van der Waals surface area contributed by atoms with Crippen molar-refractivity contribution in [2.75, 3.05) is 40.0 Å². The molecule has 4 heteroatoms. The zero-order valence-corrected chi connectivity index (χ0v) is 14.5. The quantitative estimate of drug-likeness (QED) is 0.783. The third kappa shape index (κ3) is 3.35. The summed E-state index contributed by atoms with van der Waals surface area (Å²) in [6.45, 7) is 7.39. The van der Waals surface area contributed by atoms with Crippen LogP contribution in [0, 0.1) is 5.41 Å². The lowest BCUT2D eigenvalue weighted by atomic mass is 9.60. The number of methoxy groups -OCH3 is 1. The summed E-state index contributed by atoms with van der Waals surface area (Å²) in [4.78, 5) is 2.54. The van der Waals surface area contributed by atoms with Gasteiger partial charge in [0, 0.05) is 37.8 Å². The van der Waals surface area contributed by atoms with Crippen LogP contribution < -0.4 is 5.32 Å². The first kappa shape index (κ1) is 16.7. The molecular formula is C18H34N2O2. The van der Waals surface area contributed by atoms with Gasteiger partial charge in [-0.1, -0.05) is 12.8 Å². The minimum absolute atomic E-state index is 0.475. The van der Waals surface area contributed by atoms with Crippen LogP contribution in [0.15, 0.2) is 0 Å². The maximum atomic E-state index is 6.03. The van der Waals surface area contributed by atoms with Crippen LogP contribution >= 0.6 is 0 Å². The van der Waals surface area contributed by atoms with Gasteiger partial charge in [-0.2, -0.15) is 0 Å². The second-order valence-corrected chi connectivity index (χ2v) is 7.45. The van der Waals surface area contributed by atoms with E-state index in [1.807, 2.05) is 0 Å². The van der Waals surface area contributed by atoms with E-state index in [9.17, 15) is 0 Å². The maximum Gasteiger partial charge on any atom is 0.0661 e. The molecular weight excluding hydrogens is 276 g/mol. The summed E-state index contributed by atoms with van der Waals surface area (Å²) in [5.74, 6) is 0. The Labute approximate surface area is 135 Å². The second-order valence-electron chi connectivity index (χ2n) is 7.45. The summed E-state index contributed by atoms with van der Waals surface area (Å²) < 4.78 is 11.2. The smallest absolute Gasteiger partial charge is 0.0661 e. The van der Waals surface area contributed by atoms with E-state index >= 15 is 0 Å². The molecule has 3 rings (SSSR count). The van der Waals surface area contributed by atoms with Gasteiger partial charge >= 0.3 is 0 Å². The highest BCUT2D eigenvalue weighted by Crippen LogP contribution is 2.55. The van der Waals surface area contributed by atoms with Crippen molar-refractivity contribution in [3.63, 3.8) is 0 Å². The molecule has 0 aromatic heterocycles. The standard InChI is InChI=1S/C18H34N2O2/c1-3-22-17-14-16(18(17)8-4-5-9-18)19-15-6-10-20(11-7-15)12-13-21-2/h15-17,19H,3-14H2,1-2H3/t16-,17+/m0/s1. The molecule has 0 amide bonds. The molecule has 1 heterocycles. The molecule has 0 aromatic rings. The third-order valence-corrected chi connectivity index (χ3v) is 6.32. The van der Waals surface area contributed by atoms with Crippen LogP contribution in [0.25, 0.3) is 0 Å². The number of rotatable bonds is 7. The Morgan fingerprint density at radius 2 is 1.91 bits per heavy atom. The van der Waals surface area contributed by atoms with Gasteiger partial charge < -0.3 is 19.7 Å². The lowest BCUT2D eigenvalue weighted by Gasteiger charge is -2.55. The van der Waals surface area contributed by atoms with Crippen LogP contribution in [0.1, 0.15) is 51.9 Å². The number of hydrogen-bond donors (Lipinski definition) is 1. The first-order valence-electron chi connectivity index (χ1n) is 9.37. The van der Waals surface area contributed by atoms with Crippen LogP contribution in [-0.4, -0.2) is 63.0 Å². The molecule has 1 N–H and O–H groups in total. The minimum Gasteiger partial charge on any atom is -0.383 e. The monoisotopic (exact) mass is 310 g/mol. The summed E-state index contributed by atoms with van der Waals surface area (Å²) >= 11 is 0. The molecule has 1 saturated heterocycles. The number of piperidine rings is 1. The van der Waals surface area contributed by atoms with E-state index in [-0.39, 0.29) is 0 Å². The Morgan fingerprint density at radius 1 is 1.18 bits per heavy atom. The third-order valence-electron chi connectivity index (χ3n) is 6.32. The van der Waals surface area contributed by atoms with Crippen molar-refractivity contribution < 1.29 is 9.47 Å². The predicted octanol–water partition coefficient (Wildman–Crippen LogP) is 2.42. The molecule has 3 aliphatic rings. The molecule has 1 aliphatic heterocycles. The number of nitrogens with one attached hydrogen (secondary N) is 1. The van der Waals surface area contributed by atoms with Crippen LogP contribution in [0.5, 0.6) is 0 Å². The Kier molecular flexibility index (Phi) is 5.77. The number of nitrogens with zero attached hydrogens (tertiary/aromatic N) is 1. The van der Waals surface area contributed by atoms with Gasteiger partial charge in [-0.15, -0.1) is 0 Å². The SMILES string of the molecule is CCO[C@@H]1C[C@H](NC2CCN(CCOC)CC2)C12CCCC2. The maximum absolute atomic E-state index is 6.03. The molecule has 0 unspecified atom stereocenters. The molecule has 0 bridgehead atoms. The Hall–Kier alpha value is -0.160. The fourth-order valence-corrected chi connectivity index (χ4v) is 4.95. The van der Waals surface area contributed by atoms with Gasteiger partial charge in [0.25, 0.3) is 0 Å². The number of hydrogen-bond acceptors (Lipinski definition) is 4.